The molecule has 0 radical (unpaired) electrons. The number of halogens is 3. The topological polar surface area (TPSA) is 24.5 Å². The highest BCUT2D eigenvalue weighted by Gasteiger charge is 2.23. The summed E-state index contributed by atoms with van der Waals surface area (Å²) in [6, 6.07) is 7.48. The van der Waals surface area contributed by atoms with Gasteiger partial charge in [0.1, 0.15) is 5.75 Å². The minimum absolute atomic E-state index is 0. The van der Waals surface area contributed by atoms with Gasteiger partial charge in [-0.05, 0) is 44.1 Å². The van der Waals surface area contributed by atoms with Gasteiger partial charge in [0.15, 0.2) is 0 Å². The summed E-state index contributed by atoms with van der Waals surface area (Å²) in [5, 5.41) is 3.21. The first-order chi connectivity index (χ1) is 9.19. The third kappa shape index (κ3) is 4.89. The first kappa shape index (κ1) is 17.1. The van der Waals surface area contributed by atoms with E-state index in [1.54, 1.807) is 12.1 Å². The summed E-state index contributed by atoms with van der Waals surface area (Å²) in [5.41, 5.74) is 1.13. The molecule has 0 aliphatic carbocycles. The Bertz CT molecular complexity index is 389. The molecule has 114 valence electrons. The Balaban J connectivity index is 0.00000200. The number of hydrogen-bond acceptors (Lipinski definition) is 3. The fourth-order valence-corrected chi connectivity index (χ4v) is 2.58. The van der Waals surface area contributed by atoms with E-state index in [-0.39, 0.29) is 18.2 Å². The number of rotatable bonds is 6. The Morgan fingerprint density at radius 1 is 1.35 bits per heavy atom. The minimum atomic E-state index is -2.76. The zero-order valence-electron chi connectivity index (χ0n) is 11.5. The molecule has 0 amide bonds. The van der Waals surface area contributed by atoms with E-state index in [1.807, 2.05) is 19.2 Å². The Labute approximate surface area is 124 Å². The molecule has 0 bridgehead atoms. The normalized spacial score (nSPS) is 19.1. The van der Waals surface area contributed by atoms with Gasteiger partial charge in [0.25, 0.3) is 0 Å². The van der Waals surface area contributed by atoms with Crippen LogP contribution in [0.4, 0.5) is 8.78 Å². The number of hydrogen-bond donors (Lipinski definition) is 1. The van der Waals surface area contributed by atoms with Crippen LogP contribution in [0.3, 0.4) is 0 Å². The number of alkyl halides is 2. The predicted molar refractivity (Wildman–Crippen MR) is 77.7 cm³/mol. The van der Waals surface area contributed by atoms with Crippen molar-refractivity contribution < 1.29 is 13.5 Å². The third-order valence-electron chi connectivity index (χ3n) is 3.47. The average Bonchev–Trinajstić information content (AvgIpc) is 2.79. The molecule has 6 heteroatoms. The second-order valence-electron chi connectivity index (χ2n) is 4.85. The second-order valence-corrected chi connectivity index (χ2v) is 4.85. The molecule has 1 fully saturated rings. The molecule has 1 unspecified atom stereocenters. The number of likely N-dealkylation sites (tertiary alicyclic amines) is 1. The first-order valence-electron chi connectivity index (χ1n) is 6.61. The molecule has 1 aliphatic rings. The van der Waals surface area contributed by atoms with Crippen molar-refractivity contribution in [1.82, 2.24) is 10.2 Å². The van der Waals surface area contributed by atoms with E-state index in [9.17, 15) is 8.78 Å². The molecule has 1 heterocycles. The molecule has 0 aromatic heterocycles. The van der Waals surface area contributed by atoms with Crippen molar-refractivity contribution in [3.05, 3.63) is 29.8 Å². The third-order valence-corrected chi connectivity index (χ3v) is 3.47. The SMILES string of the molecule is CNCC1CCCN1Cc1ccc(OC(F)F)cc1.Cl. The molecule has 1 N–H and O–H groups in total. The summed E-state index contributed by atoms with van der Waals surface area (Å²) in [6.45, 7) is 0.194. The van der Waals surface area contributed by atoms with Gasteiger partial charge < -0.3 is 10.1 Å². The van der Waals surface area contributed by atoms with Crippen LogP contribution in [0, 0.1) is 0 Å². The van der Waals surface area contributed by atoms with Crippen LogP contribution in [0.1, 0.15) is 18.4 Å². The molecule has 3 nitrogen and oxygen atoms in total. The summed E-state index contributed by atoms with van der Waals surface area (Å²) in [7, 11) is 1.97. The number of nitrogens with zero attached hydrogens (tertiary/aromatic N) is 1. The summed E-state index contributed by atoms with van der Waals surface area (Å²) in [4.78, 5) is 2.43. The summed E-state index contributed by atoms with van der Waals surface area (Å²) in [6.07, 6.45) is 2.44. The van der Waals surface area contributed by atoms with E-state index in [0.717, 1.165) is 25.2 Å². The van der Waals surface area contributed by atoms with E-state index in [2.05, 4.69) is 15.0 Å². The lowest BCUT2D eigenvalue weighted by Crippen LogP contribution is -2.36. The Kier molecular flexibility index (Phi) is 7.19. The maximum absolute atomic E-state index is 12.0. The highest BCUT2D eigenvalue weighted by atomic mass is 35.5. The highest BCUT2D eigenvalue weighted by molar-refractivity contribution is 5.85. The molecule has 1 aliphatic heterocycles. The summed E-state index contributed by atoms with van der Waals surface area (Å²) in [5.74, 6) is 0.215. The standard InChI is InChI=1S/C14H20F2N2O.ClH/c1-17-9-12-3-2-8-18(12)10-11-4-6-13(7-5-11)19-14(15)16;/h4-7,12,14,17H,2-3,8-10H2,1H3;1H. The molecular formula is C14H21ClF2N2O. The molecule has 1 aromatic rings. The number of likely N-dealkylation sites (N-methyl/N-ethyl adjacent to an activating group) is 1. The van der Waals surface area contributed by atoms with E-state index < -0.39 is 6.61 Å². The molecule has 2 rings (SSSR count). The van der Waals surface area contributed by atoms with Gasteiger partial charge in [-0.3, -0.25) is 4.90 Å². The average molecular weight is 307 g/mol. The summed E-state index contributed by atoms with van der Waals surface area (Å²) >= 11 is 0. The molecule has 1 aromatic carbocycles. The summed E-state index contributed by atoms with van der Waals surface area (Å²) < 4.78 is 28.4. The first-order valence-corrected chi connectivity index (χ1v) is 6.61. The fraction of sp³-hybridized carbons (Fsp3) is 0.571. The van der Waals surface area contributed by atoms with E-state index in [1.165, 1.54) is 12.8 Å². The van der Waals surface area contributed by atoms with Gasteiger partial charge in [0.05, 0.1) is 0 Å². The van der Waals surface area contributed by atoms with Gasteiger partial charge in [0, 0.05) is 19.1 Å². The van der Waals surface area contributed by atoms with Gasteiger partial charge in [-0.2, -0.15) is 8.78 Å². The lowest BCUT2D eigenvalue weighted by molar-refractivity contribution is -0.0498. The van der Waals surface area contributed by atoms with Gasteiger partial charge in [-0.1, -0.05) is 12.1 Å². The van der Waals surface area contributed by atoms with Crippen molar-refractivity contribution in [3.63, 3.8) is 0 Å². The van der Waals surface area contributed by atoms with Crippen LogP contribution in [-0.4, -0.2) is 37.7 Å². The monoisotopic (exact) mass is 306 g/mol. The number of ether oxygens (including phenoxy) is 1. The molecule has 0 saturated carbocycles. The zero-order valence-corrected chi connectivity index (χ0v) is 12.3. The van der Waals surface area contributed by atoms with Crippen molar-refractivity contribution in [2.24, 2.45) is 0 Å². The lowest BCUT2D eigenvalue weighted by Gasteiger charge is -2.24. The van der Waals surface area contributed by atoms with Crippen molar-refractivity contribution in [2.45, 2.75) is 32.0 Å². The highest BCUT2D eigenvalue weighted by Crippen LogP contribution is 2.21. The van der Waals surface area contributed by atoms with Crippen molar-refractivity contribution in [1.29, 1.82) is 0 Å². The fourth-order valence-electron chi connectivity index (χ4n) is 2.58. The van der Waals surface area contributed by atoms with Crippen molar-refractivity contribution in [3.8, 4) is 5.75 Å². The molecule has 1 saturated heterocycles. The predicted octanol–water partition coefficient (Wildman–Crippen LogP) is 2.89. The Morgan fingerprint density at radius 2 is 2.05 bits per heavy atom. The molecular weight excluding hydrogens is 286 g/mol. The lowest BCUT2D eigenvalue weighted by atomic mass is 10.1. The van der Waals surface area contributed by atoms with Crippen LogP contribution in [0.2, 0.25) is 0 Å². The van der Waals surface area contributed by atoms with Gasteiger partial charge >= 0.3 is 6.61 Å². The van der Waals surface area contributed by atoms with Crippen molar-refractivity contribution >= 4 is 12.4 Å². The van der Waals surface area contributed by atoms with Gasteiger partial charge in [-0.25, -0.2) is 0 Å². The van der Waals surface area contributed by atoms with E-state index in [0.29, 0.717) is 6.04 Å². The smallest absolute Gasteiger partial charge is 0.387 e. The molecule has 1 atom stereocenters. The second kappa shape index (κ2) is 8.39. The van der Waals surface area contributed by atoms with Gasteiger partial charge in [-0.15, -0.1) is 12.4 Å². The van der Waals surface area contributed by atoms with E-state index in [4.69, 9.17) is 0 Å². The Morgan fingerprint density at radius 3 is 2.65 bits per heavy atom. The van der Waals surface area contributed by atoms with Crippen molar-refractivity contribution in [2.75, 3.05) is 20.1 Å². The molecule has 20 heavy (non-hydrogen) atoms. The van der Waals surface area contributed by atoms with Crippen LogP contribution >= 0.6 is 12.4 Å². The molecule has 0 spiro atoms. The zero-order chi connectivity index (χ0) is 13.7. The Hall–Kier alpha value is -0.910. The quantitative estimate of drug-likeness (QED) is 0.874. The number of benzene rings is 1. The number of nitrogens with one attached hydrogen (secondary N) is 1. The van der Waals surface area contributed by atoms with Crippen LogP contribution < -0.4 is 10.1 Å². The van der Waals surface area contributed by atoms with Crippen LogP contribution in [0.25, 0.3) is 0 Å². The largest absolute Gasteiger partial charge is 0.435 e. The van der Waals surface area contributed by atoms with Crippen LogP contribution in [-0.2, 0) is 6.54 Å². The van der Waals surface area contributed by atoms with E-state index >= 15 is 0 Å². The minimum Gasteiger partial charge on any atom is -0.435 e. The van der Waals surface area contributed by atoms with Crippen LogP contribution in [0.5, 0.6) is 5.75 Å². The maximum Gasteiger partial charge on any atom is 0.387 e. The van der Waals surface area contributed by atoms with Crippen LogP contribution in [0.15, 0.2) is 24.3 Å². The van der Waals surface area contributed by atoms with Gasteiger partial charge in [0.2, 0.25) is 0 Å². The maximum atomic E-state index is 12.0.